The van der Waals surface area contributed by atoms with Crippen molar-refractivity contribution in [2.24, 2.45) is 0 Å². The van der Waals surface area contributed by atoms with Crippen LogP contribution in [0.15, 0.2) is 9.32 Å². The second-order valence-corrected chi connectivity index (χ2v) is 4.45. The number of H-pyrrole nitrogens is 1. The maximum Gasteiger partial charge on any atom is 0.360 e. The molecule has 2 N–H and O–H groups in total. The number of rotatable bonds is 2. The first-order chi connectivity index (χ1) is 8.66. The Kier molecular flexibility index (Phi) is 2.39. The summed E-state index contributed by atoms with van der Waals surface area (Å²) in [6, 6.07) is 0. The van der Waals surface area contributed by atoms with Gasteiger partial charge in [0.2, 0.25) is 5.69 Å². The molecule has 0 bridgehead atoms. The highest BCUT2D eigenvalue weighted by Crippen LogP contribution is 2.32. The standard InChI is InChI=1S/C11H11N3O4/c15-10-8-6(7(11(16)17)14-18-8)12-9(13-10)5-3-1-2-4-5/h5H,1-4H2,(H,16,17)(H,12,13,15). The number of carboxylic acids is 1. The van der Waals surface area contributed by atoms with Crippen LogP contribution in [0.4, 0.5) is 0 Å². The summed E-state index contributed by atoms with van der Waals surface area (Å²) in [4.78, 5) is 29.6. The predicted octanol–water partition coefficient (Wildman–Crippen LogP) is 1.27. The Morgan fingerprint density at radius 1 is 1.39 bits per heavy atom. The molecule has 0 aromatic carbocycles. The minimum Gasteiger partial charge on any atom is -0.476 e. The molecule has 0 unspecified atom stereocenters. The fraction of sp³-hybridized carbons (Fsp3) is 0.455. The van der Waals surface area contributed by atoms with Gasteiger partial charge in [-0.2, -0.15) is 0 Å². The van der Waals surface area contributed by atoms with Gasteiger partial charge in [-0.15, -0.1) is 0 Å². The summed E-state index contributed by atoms with van der Waals surface area (Å²) in [6.07, 6.45) is 4.12. The molecule has 0 amide bonds. The highest BCUT2D eigenvalue weighted by atomic mass is 16.5. The van der Waals surface area contributed by atoms with Crippen molar-refractivity contribution in [2.45, 2.75) is 31.6 Å². The molecule has 1 fully saturated rings. The van der Waals surface area contributed by atoms with Crippen molar-refractivity contribution in [1.29, 1.82) is 0 Å². The van der Waals surface area contributed by atoms with Gasteiger partial charge in [0.1, 0.15) is 5.82 Å². The van der Waals surface area contributed by atoms with E-state index in [-0.39, 0.29) is 22.7 Å². The van der Waals surface area contributed by atoms with Gasteiger partial charge in [-0.05, 0) is 12.8 Å². The predicted molar refractivity (Wildman–Crippen MR) is 60.6 cm³/mol. The lowest BCUT2D eigenvalue weighted by Crippen LogP contribution is -2.13. The maximum absolute atomic E-state index is 11.8. The maximum atomic E-state index is 11.8. The summed E-state index contributed by atoms with van der Waals surface area (Å²) in [6.45, 7) is 0. The molecular weight excluding hydrogens is 238 g/mol. The molecule has 1 saturated carbocycles. The molecule has 0 radical (unpaired) electrons. The molecule has 0 spiro atoms. The molecule has 0 saturated heterocycles. The number of aromatic amines is 1. The minimum absolute atomic E-state index is 0.0353. The average Bonchev–Trinajstić information content (AvgIpc) is 2.97. The third-order valence-electron chi connectivity index (χ3n) is 3.29. The van der Waals surface area contributed by atoms with Crippen molar-refractivity contribution in [2.75, 3.05) is 0 Å². The number of nitrogens with one attached hydrogen (secondary N) is 1. The van der Waals surface area contributed by atoms with Gasteiger partial charge in [0, 0.05) is 5.92 Å². The topological polar surface area (TPSA) is 109 Å². The van der Waals surface area contributed by atoms with Crippen LogP contribution < -0.4 is 5.56 Å². The number of hydrogen-bond acceptors (Lipinski definition) is 5. The number of carboxylic acid groups (broad SMARTS) is 1. The van der Waals surface area contributed by atoms with Gasteiger partial charge >= 0.3 is 5.97 Å². The molecule has 2 heterocycles. The number of aromatic nitrogens is 3. The van der Waals surface area contributed by atoms with Gasteiger partial charge in [0.25, 0.3) is 11.1 Å². The summed E-state index contributed by atoms with van der Waals surface area (Å²) in [5, 5.41) is 12.3. The number of fused-ring (bicyclic) bond motifs is 1. The van der Waals surface area contributed by atoms with Crippen LogP contribution >= 0.6 is 0 Å². The lowest BCUT2D eigenvalue weighted by atomic mass is 10.1. The number of carbonyl (C=O) groups is 1. The van der Waals surface area contributed by atoms with E-state index in [1.165, 1.54) is 0 Å². The highest BCUT2D eigenvalue weighted by molar-refractivity contribution is 5.97. The van der Waals surface area contributed by atoms with Crippen LogP contribution in [-0.2, 0) is 0 Å². The lowest BCUT2D eigenvalue weighted by molar-refractivity contribution is 0.0687. The molecule has 0 atom stereocenters. The minimum atomic E-state index is -1.25. The van der Waals surface area contributed by atoms with Crippen LogP contribution in [0.5, 0.6) is 0 Å². The van der Waals surface area contributed by atoms with Crippen LogP contribution in [0.1, 0.15) is 47.9 Å². The fourth-order valence-electron chi connectivity index (χ4n) is 2.39. The van der Waals surface area contributed by atoms with Gasteiger partial charge in [-0.3, -0.25) is 4.79 Å². The van der Waals surface area contributed by atoms with Gasteiger partial charge in [0.05, 0.1) is 0 Å². The quantitative estimate of drug-likeness (QED) is 0.829. The second kappa shape index (κ2) is 3.94. The highest BCUT2D eigenvalue weighted by Gasteiger charge is 2.24. The zero-order chi connectivity index (χ0) is 12.7. The monoisotopic (exact) mass is 249 g/mol. The smallest absolute Gasteiger partial charge is 0.360 e. The Morgan fingerprint density at radius 2 is 2.11 bits per heavy atom. The van der Waals surface area contributed by atoms with E-state index in [0.29, 0.717) is 5.82 Å². The van der Waals surface area contributed by atoms with Crippen LogP contribution in [0.2, 0.25) is 0 Å². The van der Waals surface area contributed by atoms with Crippen LogP contribution in [0.3, 0.4) is 0 Å². The zero-order valence-electron chi connectivity index (χ0n) is 9.47. The van der Waals surface area contributed by atoms with Crippen LogP contribution in [-0.4, -0.2) is 26.2 Å². The Morgan fingerprint density at radius 3 is 2.78 bits per heavy atom. The molecule has 7 nitrogen and oxygen atoms in total. The van der Waals surface area contributed by atoms with Gasteiger partial charge in [0.15, 0.2) is 5.52 Å². The summed E-state index contributed by atoms with van der Waals surface area (Å²) in [5.41, 5.74) is -0.875. The van der Waals surface area contributed by atoms with Crippen molar-refractivity contribution in [3.05, 3.63) is 21.9 Å². The van der Waals surface area contributed by atoms with Crippen molar-refractivity contribution in [3.8, 4) is 0 Å². The third-order valence-corrected chi connectivity index (χ3v) is 3.29. The van der Waals surface area contributed by atoms with Crippen LogP contribution in [0.25, 0.3) is 11.1 Å². The molecule has 94 valence electrons. The lowest BCUT2D eigenvalue weighted by Gasteiger charge is -2.06. The van der Waals surface area contributed by atoms with E-state index < -0.39 is 11.5 Å². The summed E-state index contributed by atoms with van der Waals surface area (Å²) in [5.74, 6) is -0.515. The third kappa shape index (κ3) is 1.59. The fourth-order valence-corrected chi connectivity index (χ4v) is 2.39. The van der Waals surface area contributed by atoms with E-state index in [0.717, 1.165) is 25.7 Å². The molecule has 3 rings (SSSR count). The van der Waals surface area contributed by atoms with Crippen LogP contribution in [0, 0.1) is 0 Å². The molecule has 2 aromatic heterocycles. The molecular formula is C11H11N3O4. The molecule has 0 aliphatic heterocycles. The first kappa shape index (κ1) is 10.9. The molecule has 2 aromatic rings. The largest absolute Gasteiger partial charge is 0.476 e. The molecule has 18 heavy (non-hydrogen) atoms. The van der Waals surface area contributed by atoms with E-state index >= 15 is 0 Å². The number of hydrogen-bond donors (Lipinski definition) is 2. The average molecular weight is 249 g/mol. The first-order valence-corrected chi connectivity index (χ1v) is 5.79. The van der Waals surface area contributed by atoms with E-state index in [1.807, 2.05) is 0 Å². The summed E-state index contributed by atoms with van der Waals surface area (Å²) in [7, 11) is 0. The number of aromatic carboxylic acids is 1. The van der Waals surface area contributed by atoms with Gasteiger partial charge in [-0.1, -0.05) is 18.0 Å². The Labute approximate surface area is 101 Å². The first-order valence-electron chi connectivity index (χ1n) is 5.79. The van der Waals surface area contributed by atoms with Crippen molar-refractivity contribution in [3.63, 3.8) is 0 Å². The second-order valence-electron chi connectivity index (χ2n) is 4.45. The van der Waals surface area contributed by atoms with Crippen molar-refractivity contribution < 1.29 is 14.4 Å². The van der Waals surface area contributed by atoms with E-state index in [1.54, 1.807) is 0 Å². The molecule has 7 heteroatoms. The van der Waals surface area contributed by atoms with Crippen molar-refractivity contribution >= 4 is 17.1 Å². The molecule has 1 aliphatic rings. The van der Waals surface area contributed by atoms with E-state index in [2.05, 4.69) is 15.1 Å². The number of nitrogens with zero attached hydrogens (tertiary/aromatic N) is 2. The SMILES string of the molecule is O=C(O)c1noc2c(=O)[nH]c(C3CCCC3)nc12. The normalized spacial score (nSPS) is 16.4. The Bertz CT molecular complexity index is 666. The van der Waals surface area contributed by atoms with Gasteiger partial charge in [-0.25, -0.2) is 9.78 Å². The summed E-state index contributed by atoms with van der Waals surface area (Å²) >= 11 is 0. The van der Waals surface area contributed by atoms with Gasteiger partial charge < -0.3 is 14.6 Å². The molecule has 1 aliphatic carbocycles. The Hall–Kier alpha value is -2.18. The Balaban J connectivity index is 2.20. The summed E-state index contributed by atoms with van der Waals surface area (Å²) < 4.78 is 4.72. The van der Waals surface area contributed by atoms with E-state index in [4.69, 9.17) is 9.63 Å². The zero-order valence-corrected chi connectivity index (χ0v) is 9.47. The van der Waals surface area contributed by atoms with Crippen molar-refractivity contribution in [1.82, 2.24) is 15.1 Å². The van der Waals surface area contributed by atoms with E-state index in [9.17, 15) is 9.59 Å².